The van der Waals surface area contributed by atoms with E-state index in [1.54, 1.807) is 0 Å². The highest BCUT2D eigenvalue weighted by atomic mass is 16.1. The Balaban J connectivity index is 0.00000137. The lowest BCUT2D eigenvalue weighted by Gasteiger charge is -2.26. The molecule has 0 aromatic heterocycles. The van der Waals surface area contributed by atoms with Crippen LogP contribution in [0, 0.1) is 11.3 Å². The summed E-state index contributed by atoms with van der Waals surface area (Å²) in [5, 5.41) is 2.97. The van der Waals surface area contributed by atoms with Gasteiger partial charge < -0.3 is 5.32 Å². The number of rotatable bonds is 3. The van der Waals surface area contributed by atoms with Crippen LogP contribution in [0.1, 0.15) is 47.1 Å². The van der Waals surface area contributed by atoms with E-state index in [9.17, 15) is 4.79 Å². The van der Waals surface area contributed by atoms with E-state index in [4.69, 9.17) is 0 Å². The molecule has 0 spiro atoms. The summed E-state index contributed by atoms with van der Waals surface area (Å²) in [5.74, 6) is 0.146. The van der Waals surface area contributed by atoms with Gasteiger partial charge >= 0.3 is 0 Å². The van der Waals surface area contributed by atoms with Crippen LogP contribution < -0.4 is 5.32 Å². The second-order valence-electron chi connectivity index (χ2n) is 5.29. The minimum absolute atomic E-state index is 0.0147. The summed E-state index contributed by atoms with van der Waals surface area (Å²) in [6.07, 6.45) is 0. The Morgan fingerprint density at radius 3 is 2.11 bits per heavy atom. The molecule has 2 heteroatoms. The number of benzene rings is 1. The molecule has 0 fully saturated rings. The Morgan fingerprint density at radius 1 is 1.17 bits per heavy atom. The highest BCUT2D eigenvalue weighted by Crippen LogP contribution is 2.25. The first-order chi connectivity index (χ1) is 8.41. The smallest absolute Gasteiger partial charge is 0.223 e. The molecule has 1 aromatic carbocycles. The van der Waals surface area contributed by atoms with Crippen molar-refractivity contribution in [3.05, 3.63) is 35.9 Å². The van der Waals surface area contributed by atoms with E-state index in [0.717, 1.165) is 5.56 Å². The van der Waals surface area contributed by atoms with E-state index in [1.165, 1.54) is 0 Å². The minimum atomic E-state index is 0.0147. The van der Waals surface area contributed by atoms with Crippen molar-refractivity contribution in [1.82, 2.24) is 5.32 Å². The van der Waals surface area contributed by atoms with E-state index in [0.29, 0.717) is 6.54 Å². The molecule has 0 heterocycles. The molecule has 0 bridgehead atoms. The van der Waals surface area contributed by atoms with Crippen molar-refractivity contribution >= 4 is 5.91 Å². The number of nitrogens with one attached hydrogen (secondary N) is 1. The lowest BCUT2D eigenvalue weighted by Crippen LogP contribution is -2.35. The molecule has 0 unspecified atom stereocenters. The topological polar surface area (TPSA) is 29.1 Å². The van der Waals surface area contributed by atoms with Gasteiger partial charge in [0.15, 0.2) is 0 Å². The van der Waals surface area contributed by atoms with Gasteiger partial charge in [-0.1, -0.05) is 71.9 Å². The van der Waals surface area contributed by atoms with Gasteiger partial charge in [-0.3, -0.25) is 4.79 Å². The summed E-state index contributed by atoms with van der Waals surface area (Å²) in [6.45, 7) is 12.8. The third-order valence-electron chi connectivity index (χ3n) is 3.00. The van der Waals surface area contributed by atoms with Gasteiger partial charge in [-0.2, -0.15) is 0 Å². The molecule has 18 heavy (non-hydrogen) atoms. The predicted molar refractivity (Wildman–Crippen MR) is 78.3 cm³/mol. The Hall–Kier alpha value is -1.31. The zero-order chi connectivity index (χ0) is 14.2. The summed E-state index contributed by atoms with van der Waals surface area (Å²) in [4.78, 5) is 11.9. The largest absolute Gasteiger partial charge is 0.352 e. The predicted octanol–water partition coefficient (Wildman–Crippen LogP) is 4.01. The normalized spacial score (nSPS) is 12.1. The highest BCUT2D eigenvalue weighted by molar-refractivity contribution is 5.78. The molecule has 1 amide bonds. The van der Waals surface area contributed by atoms with Gasteiger partial charge in [0, 0.05) is 12.5 Å². The first-order valence-corrected chi connectivity index (χ1v) is 6.73. The Labute approximate surface area is 112 Å². The van der Waals surface area contributed by atoms with Crippen LogP contribution in [0.25, 0.3) is 0 Å². The van der Waals surface area contributed by atoms with Crippen molar-refractivity contribution in [1.29, 1.82) is 0 Å². The molecule has 1 N–H and O–H groups in total. The van der Waals surface area contributed by atoms with Gasteiger partial charge in [-0.05, 0) is 11.0 Å². The first kappa shape index (κ1) is 16.7. The number of carbonyl (C=O) groups is 1. The van der Waals surface area contributed by atoms with Crippen molar-refractivity contribution in [2.75, 3.05) is 0 Å². The maximum atomic E-state index is 11.9. The van der Waals surface area contributed by atoms with Crippen molar-refractivity contribution in [2.45, 2.75) is 48.1 Å². The molecule has 0 radical (unpaired) electrons. The molecule has 0 aliphatic rings. The maximum absolute atomic E-state index is 11.9. The van der Waals surface area contributed by atoms with Crippen molar-refractivity contribution < 1.29 is 4.79 Å². The maximum Gasteiger partial charge on any atom is 0.223 e. The molecule has 102 valence electrons. The average Bonchev–Trinajstić information content (AvgIpc) is 2.37. The van der Waals surface area contributed by atoms with Gasteiger partial charge in [0.1, 0.15) is 0 Å². The van der Waals surface area contributed by atoms with Gasteiger partial charge in [0.2, 0.25) is 5.91 Å². The summed E-state index contributed by atoms with van der Waals surface area (Å²) in [7, 11) is 0. The van der Waals surface area contributed by atoms with E-state index in [1.807, 2.05) is 51.1 Å². The fourth-order valence-corrected chi connectivity index (χ4v) is 1.33. The summed E-state index contributed by atoms with van der Waals surface area (Å²) < 4.78 is 0. The van der Waals surface area contributed by atoms with Gasteiger partial charge in [-0.15, -0.1) is 0 Å². The van der Waals surface area contributed by atoms with Crippen LogP contribution in [0.5, 0.6) is 0 Å². The van der Waals surface area contributed by atoms with Gasteiger partial charge in [0.05, 0.1) is 0 Å². The lowest BCUT2D eigenvalue weighted by atomic mass is 9.81. The third-order valence-corrected chi connectivity index (χ3v) is 3.00. The first-order valence-electron chi connectivity index (χ1n) is 6.73. The van der Waals surface area contributed by atoms with E-state index in [-0.39, 0.29) is 17.2 Å². The molecular weight excluding hydrogens is 222 g/mol. The number of carbonyl (C=O) groups excluding carboxylic acids is 1. The summed E-state index contributed by atoms with van der Waals surface area (Å²) in [6, 6.07) is 9.97. The zero-order valence-corrected chi connectivity index (χ0v) is 12.6. The Morgan fingerprint density at radius 2 is 1.67 bits per heavy atom. The monoisotopic (exact) mass is 249 g/mol. The lowest BCUT2D eigenvalue weighted by molar-refractivity contribution is -0.127. The molecule has 1 atom stereocenters. The van der Waals surface area contributed by atoms with Crippen LogP contribution in [0.2, 0.25) is 0 Å². The molecule has 0 saturated carbocycles. The second kappa shape index (κ2) is 7.91. The standard InChI is InChI=1S/C14H21NO.C2H6/c1-11(14(2,3)4)13(16)15-10-12-8-6-5-7-9-12;1-2/h5-9,11H,10H2,1-4H3,(H,15,16);1-2H3/t11-;/m1./s1. The van der Waals surface area contributed by atoms with Gasteiger partial charge in [-0.25, -0.2) is 0 Å². The van der Waals surface area contributed by atoms with E-state index in [2.05, 4.69) is 26.1 Å². The minimum Gasteiger partial charge on any atom is -0.352 e. The van der Waals surface area contributed by atoms with Crippen LogP contribution in [0.3, 0.4) is 0 Å². The summed E-state index contributed by atoms with van der Waals surface area (Å²) >= 11 is 0. The van der Waals surface area contributed by atoms with Gasteiger partial charge in [0.25, 0.3) is 0 Å². The molecule has 1 rings (SSSR count). The quantitative estimate of drug-likeness (QED) is 0.861. The fraction of sp³-hybridized carbons (Fsp3) is 0.562. The van der Waals surface area contributed by atoms with Crippen molar-refractivity contribution in [2.24, 2.45) is 11.3 Å². The SMILES string of the molecule is CC.C[C@H](C(=O)NCc1ccccc1)C(C)(C)C. The fourth-order valence-electron chi connectivity index (χ4n) is 1.33. The Kier molecular flexibility index (Phi) is 7.33. The molecular formula is C16H27NO. The van der Waals surface area contributed by atoms with E-state index >= 15 is 0 Å². The van der Waals surface area contributed by atoms with E-state index < -0.39 is 0 Å². The average molecular weight is 249 g/mol. The van der Waals surface area contributed by atoms with Crippen molar-refractivity contribution in [3.8, 4) is 0 Å². The van der Waals surface area contributed by atoms with Crippen LogP contribution >= 0.6 is 0 Å². The highest BCUT2D eigenvalue weighted by Gasteiger charge is 2.26. The third kappa shape index (κ3) is 5.85. The molecule has 0 aliphatic carbocycles. The number of hydrogen-bond donors (Lipinski definition) is 1. The van der Waals surface area contributed by atoms with Crippen LogP contribution in [-0.4, -0.2) is 5.91 Å². The molecule has 2 nitrogen and oxygen atoms in total. The number of amides is 1. The number of hydrogen-bond acceptors (Lipinski definition) is 1. The van der Waals surface area contributed by atoms with Crippen LogP contribution in [0.4, 0.5) is 0 Å². The van der Waals surface area contributed by atoms with Crippen LogP contribution in [0.15, 0.2) is 30.3 Å². The summed E-state index contributed by atoms with van der Waals surface area (Å²) in [5.41, 5.74) is 1.15. The molecule has 0 saturated heterocycles. The zero-order valence-electron chi connectivity index (χ0n) is 12.6. The van der Waals surface area contributed by atoms with Crippen molar-refractivity contribution in [3.63, 3.8) is 0 Å². The molecule has 0 aliphatic heterocycles. The Bertz CT molecular complexity index is 338. The molecule has 1 aromatic rings. The van der Waals surface area contributed by atoms with Crippen LogP contribution in [-0.2, 0) is 11.3 Å². The second-order valence-corrected chi connectivity index (χ2v) is 5.29.